The van der Waals surface area contributed by atoms with Crippen LogP contribution >= 0.6 is 0 Å². The molecule has 0 saturated heterocycles. The van der Waals surface area contributed by atoms with E-state index >= 15 is 0 Å². The Hall–Kier alpha value is -1.06. The second kappa shape index (κ2) is 4.25. The van der Waals surface area contributed by atoms with Gasteiger partial charge >= 0.3 is 0 Å². The quantitative estimate of drug-likeness (QED) is 0.728. The summed E-state index contributed by atoms with van der Waals surface area (Å²) in [4.78, 5) is 2.04. The van der Waals surface area contributed by atoms with E-state index in [0.717, 1.165) is 12.1 Å². The summed E-state index contributed by atoms with van der Waals surface area (Å²) < 4.78 is 0. The molecule has 0 amide bonds. The first-order valence-corrected chi connectivity index (χ1v) is 4.29. The molecule has 1 atom stereocenters. The zero-order valence-electron chi connectivity index (χ0n) is 8.07. The van der Waals surface area contributed by atoms with Gasteiger partial charge in [0.25, 0.3) is 0 Å². The molecule has 1 aromatic carbocycles. The Morgan fingerprint density at radius 3 is 2.31 bits per heavy atom. The molecule has 0 aliphatic carbocycles. The number of hydrogen-bond donors (Lipinski definition) is 2. The first-order valence-electron chi connectivity index (χ1n) is 4.29. The molecule has 0 aromatic heterocycles. The van der Waals surface area contributed by atoms with Crippen molar-refractivity contribution in [3.05, 3.63) is 29.8 Å². The van der Waals surface area contributed by atoms with Crippen molar-refractivity contribution >= 4 is 0 Å². The highest BCUT2D eigenvalue weighted by atomic mass is 16.3. The van der Waals surface area contributed by atoms with Crippen molar-refractivity contribution < 1.29 is 5.11 Å². The van der Waals surface area contributed by atoms with Crippen LogP contribution in [-0.4, -0.2) is 30.6 Å². The molecule has 1 rings (SSSR count). The van der Waals surface area contributed by atoms with Crippen LogP contribution in [0.2, 0.25) is 0 Å². The van der Waals surface area contributed by atoms with E-state index < -0.39 is 0 Å². The van der Waals surface area contributed by atoms with Crippen LogP contribution in [-0.2, 0) is 0 Å². The number of rotatable bonds is 3. The summed E-state index contributed by atoms with van der Waals surface area (Å²) in [5.41, 5.74) is 6.97. The zero-order valence-corrected chi connectivity index (χ0v) is 8.07. The largest absolute Gasteiger partial charge is 0.508 e. The number of phenolic OH excluding ortho intramolecular Hbond substituents is 1. The SMILES string of the molecule is CN(C)CC(N)c1ccc(O)cc1. The fourth-order valence-electron chi connectivity index (χ4n) is 1.22. The van der Waals surface area contributed by atoms with Crippen LogP contribution in [0.4, 0.5) is 0 Å². The monoisotopic (exact) mass is 180 g/mol. The highest BCUT2D eigenvalue weighted by Crippen LogP contribution is 2.15. The molecule has 13 heavy (non-hydrogen) atoms. The van der Waals surface area contributed by atoms with Crippen LogP contribution in [0.1, 0.15) is 11.6 Å². The molecule has 72 valence electrons. The smallest absolute Gasteiger partial charge is 0.115 e. The number of benzene rings is 1. The Balaban J connectivity index is 2.66. The molecular formula is C10H16N2O. The van der Waals surface area contributed by atoms with E-state index in [4.69, 9.17) is 10.8 Å². The maximum absolute atomic E-state index is 9.07. The molecule has 0 aliphatic heterocycles. The summed E-state index contributed by atoms with van der Waals surface area (Å²) in [6.07, 6.45) is 0. The molecular weight excluding hydrogens is 164 g/mol. The van der Waals surface area contributed by atoms with E-state index in [0.29, 0.717) is 0 Å². The van der Waals surface area contributed by atoms with Crippen LogP contribution in [0, 0.1) is 0 Å². The van der Waals surface area contributed by atoms with Gasteiger partial charge < -0.3 is 15.7 Å². The van der Waals surface area contributed by atoms with Gasteiger partial charge in [-0.05, 0) is 31.8 Å². The van der Waals surface area contributed by atoms with Crippen LogP contribution in [0.5, 0.6) is 5.75 Å². The van der Waals surface area contributed by atoms with E-state index in [1.807, 2.05) is 31.1 Å². The summed E-state index contributed by atoms with van der Waals surface area (Å²) in [5.74, 6) is 0.279. The molecule has 0 bridgehead atoms. The number of hydrogen-bond acceptors (Lipinski definition) is 3. The number of phenols is 1. The molecule has 0 heterocycles. The first-order chi connectivity index (χ1) is 6.09. The van der Waals surface area contributed by atoms with Gasteiger partial charge in [0.15, 0.2) is 0 Å². The highest BCUT2D eigenvalue weighted by Gasteiger charge is 2.06. The van der Waals surface area contributed by atoms with Crippen molar-refractivity contribution in [1.29, 1.82) is 0 Å². The molecule has 1 aromatic rings. The van der Waals surface area contributed by atoms with Gasteiger partial charge in [0.1, 0.15) is 5.75 Å². The highest BCUT2D eigenvalue weighted by molar-refractivity contribution is 5.27. The number of likely N-dealkylation sites (N-methyl/N-ethyl adjacent to an activating group) is 1. The minimum absolute atomic E-state index is 0.00981. The lowest BCUT2D eigenvalue weighted by molar-refractivity contribution is 0.376. The van der Waals surface area contributed by atoms with Crippen molar-refractivity contribution in [2.24, 2.45) is 5.73 Å². The third-order valence-electron chi connectivity index (χ3n) is 1.88. The predicted octanol–water partition coefficient (Wildman–Crippen LogP) is 0.954. The molecule has 3 nitrogen and oxygen atoms in total. The van der Waals surface area contributed by atoms with Gasteiger partial charge in [0.2, 0.25) is 0 Å². The molecule has 1 unspecified atom stereocenters. The molecule has 3 heteroatoms. The summed E-state index contributed by atoms with van der Waals surface area (Å²) >= 11 is 0. The molecule has 0 saturated carbocycles. The van der Waals surface area contributed by atoms with Crippen molar-refractivity contribution in [2.75, 3.05) is 20.6 Å². The van der Waals surface area contributed by atoms with Gasteiger partial charge in [0.05, 0.1) is 0 Å². The van der Waals surface area contributed by atoms with E-state index in [1.165, 1.54) is 0 Å². The lowest BCUT2D eigenvalue weighted by Crippen LogP contribution is -2.25. The Labute approximate surface area is 78.8 Å². The van der Waals surface area contributed by atoms with Gasteiger partial charge in [-0.25, -0.2) is 0 Å². The standard InChI is InChI=1S/C10H16N2O/c1-12(2)7-10(11)8-3-5-9(13)6-4-8/h3-6,10,13H,7,11H2,1-2H3. The minimum atomic E-state index is 0.00981. The van der Waals surface area contributed by atoms with Crippen LogP contribution in [0.15, 0.2) is 24.3 Å². The molecule has 0 aliphatic rings. The fraction of sp³-hybridized carbons (Fsp3) is 0.400. The Morgan fingerprint density at radius 2 is 1.85 bits per heavy atom. The number of aromatic hydroxyl groups is 1. The van der Waals surface area contributed by atoms with Crippen LogP contribution in [0.3, 0.4) is 0 Å². The molecule has 0 fully saturated rings. The summed E-state index contributed by atoms with van der Waals surface area (Å²) in [6.45, 7) is 0.810. The van der Waals surface area contributed by atoms with Crippen molar-refractivity contribution in [3.8, 4) is 5.75 Å². The fourth-order valence-corrected chi connectivity index (χ4v) is 1.22. The second-order valence-corrected chi connectivity index (χ2v) is 3.46. The van der Waals surface area contributed by atoms with Gasteiger partial charge in [-0.15, -0.1) is 0 Å². The summed E-state index contributed by atoms with van der Waals surface area (Å²) in [5, 5.41) is 9.07. The Morgan fingerprint density at radius 1 is 1.31 bits per heavy atom. The lowest BCUT2D eigenvalue weighted by atomic mass is 10.1. The topological polar surface area (TPSA) is 49.5 Å². The van der Waals surface area contributed by atoms with E-state index in [-0.39, 0.29) is 11.8 Å². The average molecular weight is 180 g/mol. The van der Waals surface area contributed by atoms with Gasteiger partial charge in [0, 0.05) is 12.6 Å². The van der Waals surface area contributed by atoms with Gasteiger partial charge in [-0.2, -0.15) is 0 Å². The third kappa shape index (κ3) is 3.05. The predicted molar refractivity (Wildman–Crippen MR) is 53.6 cm³/mol. The van der Waals surface area contributed by atoms with Gasteiger partial charge in [-0.1, -0.05) is 12.1 Å². The van der Waals surface area contributed by atoms with E-state index in [2.05, 4.69) is 0 Å². The maximum atomic E-state index is 9.07. The number of nitrogens with two attached hydrogens (primary N) is 1. The van der Waals surface area contributed by atoms with Crippen molar-refractivity contribution in [1.82, 2.24) is 4.90 Å². The third-order valence-corrected chi connectivity index (χ3v) is 1.88. The second-order valence-electron chi connectivity index (χ2n) is 3.46. The normalized spacial score (nSPS) is 13.2. The van der Waals surface area contributed by atoms with Crippen LogP contribution < -0.4 is 5.73 Å². The first kappa shape index (κ1) is 10.0. The maximum Gasteiger partial charge on any atom is 0.115 e. The molecule has 0 radical (unpaired) electrons. The van der Waals surface area contributed by atoms with Crippen molar-refractivity contribution in [3.63, 3.8) is 0 Å². The van der Waals surface area contributed by atoms with Gasteiger partial charge in [-0.3, -0.25) is 0 Å². The van der Waals surface area contributed by atoms with Crippen molar-refractivity contribution in [2.45, 2.75) is 6.04 Å². The lowest BCUT2D eigenvalue weighted by Gasteiger charge is -2.16. The molecule has 3 N–H and O–H groups in total. The summed E-state index contributed by atoms with van der Waals surface area (Å²) in [6, 6.07) is 7.03. The average Bonchev–Trinajstić information content (AvgIpc) is 2.04. The zero-order chi connectivity index (χ0) is 9.84. The molecule has 0 spiro atoms. The number of nitrogens with zero attached hydrogens (tertiary/aromatic N) is 1. The Bertz CT molecular complexity index is 256. The van der Waals surface area contributed by atoms with Crippen LogP contribution in [0.25, 0.3) is 0 Å². The van der Waals surface area contributed by atoms with E-state index in [1.54, 1.807) is 12.1 Å². The van der Waals surface area contributed by atoms with E-state index in [9.17, 15) is 0 Å². The minimum Gasteiger partial charge on any atom is -0.508 e. The Kier molecular flexibility index (Phi) is 3.28. The summed E-state index contributed by atoms with van der Waals surface area (Å²) in [7, 11) is 3.97.